The second-order valence-electron chi connectivity index (χ2n) is 4.95. The fourth-order valence-electron chi connectivity index (χ4n) is 2.20. The molecule has 1 aliphatic rings. The van der Waals surface area contributed by atoms with Crippen LogP contribution in [0.4, 0.5) is 0 Å². The Morgan fingerprint density at radius 1 is 1.33 bits per heavy atom. The molecule has 1 unspecified atom stereocenters. The summed E-state index contributed by atoms with van der Waals surface area (Å²) in [6, 6.07) is 9.62. The molecule has 96 valence electrons. The van der Waals surface area contributed by atoms with Crippen LogP contribution in [-0.2, 0) is 0 Å². The number of benzene rings is 1. The van der Waals surface area contributed by atoms with Crippen molar-refractivity contribution >= 4 is 5.91 Å². The topological polar surface area (TPSA) is 32.3 Å². The number of hydrogen-bond donors (Lipinski definition) is 1. The smallest absolute Gasteiger partial charge is 0.265 e. The Morgan fingerprint density at radius 3 is 2.72 bits per heavy atom. The summed E-state index contributed by atoms with van der Waals surface area (Å²) in [6.07, 6.45) is 5.35. The highest BCUT2D eigenvalue weighted by Gasteiger charge is 2.23. The van der Waals surface area contributed by atoms with Gasteiger partial charge in [0.1, 0.15) is 0 Å². The Morgan fingerprint density at radius 2 is 2.06 bits per heavy atom. The van der Waals surface area contributed by atoms with Crippen molar-refractivity contribution in [1.82, 2.24) is 10.4 Å². The van der Waals surface area contributed by atoms with E-state index in [4.69, 9.17) is 0 Å². The molecular weight excluding hydrogens is 224 g/mol. The van der Waals surface area contributed by atoms with Gasteiger partial charge in [0.05, 0.1) is 0 Å². The van der Waals surface area contributed by atoms with E-state index in [0.717, 1.165) is 13.0 Å². The van der Waals surface area contributed by atoms with Gasteiger partial charge in [0.15, 0.2) is 0 Å². The summed E-state index contributed by atoms with van der Waals surface area (Å²) in [6.45, 7) is 5.21. The van der Waals surface area contributed by atoms with Crippen LogP contribution in [0.1, 0.15) is 30.6 Å². The van der Waals surface area contributed by atoms with E-state index in [2.05, 4.69) is 31.4 Å². The van der Waals surface area contributed by atoms with Gasteiger partial charge < -0.3 is 0 Å². The van der Waals surface area contributed by atoms with Crippen LogP contribution in [0.2, 0.25) is 0 Å². The average Bonchev–Trinajstić information content (AvgIpc) is 2.40. The first-order valence-electron chi connectivity index (χ1n) is 6.48. The van der Waals surface area contributed by atoms with Gasteiger partial charge in [0.2, 0.25) is 0 Å². The lowest BCUT2D eigenvalue weighted by Gasteiger charge is -2.34. The number of rotatable bonds is 3. The van der Waals surface area contributed by atoms with Crippen LogP contribution in [0.25, 0.3) is 0 Å². The van der Waals surface area contributed by atoms with Gasteiger partial charge in [-0.3, -0.25) is 10.2 Å². The highest BCUT2D eigenvalue weighted by atomic mass is 16.2. The second kappa shape index (κ2) is 5.83. The lowest BCUT2D eigenvalue weighted by molar-refractivity contribution is 0.0670. The molecule has 0 aromatic heterocycles. The molecule has 3 heteroatoms. The highest BCUT2D eigenvalue weighted by Crippen LogP contribution is 2.15. The van der Waals surface area contributed by atoms with Crippen molar-refractivity contribution in [1.29, 1.82) is 0 Å². The quantitative estimate of drug-likeness (QED) is 0.829. The maximum atomic E-state index is 12.1. The number of hydrogen-bond acceptors (Lipinski definition) is 2. The van der Waals surface area contributed by atoms with E-state index >= 15 is 0 Å². The molecular formula is C15H20N2O. The first-order chi connectivity index (χ1) is 8.68. The molecule has 0 aliphatic carbocycles. The molecule has 0 radical (unpaired) electrons. The van der Waals surface area contributed by atoms with E-state index in [1.807, 2.05) is 35.3 Å². The van der Waals surface area contributed by atoms with Gasteiger partial charge in [-0.1, -0.05) is 44.2 Å². The van der Waals surface area contributed by atoms with Crippen molar-refractivity contribution in [3.05, 3.63) is 48.0 Å². The van der Waals surface area contributed by atoms with Gasteiger partial charge in [-0.05, 0) is 24.5 Å². The van der Waals surface area contributed by atoms with Crippen molar-refractivity contribution in [2.24, 2.45) is 5.92 Å². The lowest BCUT2D eigenvalue weighted by atomic mass is 10.0. The minimum atomic E-state index is -0.0310. The van der Waals surface area contributed by atoms with Crippen LogP contribution < -0.4 is 5.43 Å². The molecule has 1 amide bonds. The minimum Gasteiger partial charge on any atom is -0.284 e. The largest absolute Gasteiger partial charge is 0.284 e. The van der Waals surface area contributed by atoms with E-state index in [-0.39, 0.29) is 11.9 Å². The van der Waals surface area contributed by atoms with Crippen LogP contribution in [0.15, 0.2) is 42.5 Å². The molecule has 1 aliphatic heterocycles. The third-order valence-corrected chi connectivity index (χ3v) is 3.19. The molecule has 1 aromatic carbocycles. The Bertz CT molecular complexity index is 425. The number of carbonyl (C=O) groups is 1. The van der Waals surface area contributed by atoms with E-state index < -0.39 is 0 Å². The molecule has 1 heterocycles. The zero-order valence-electron chi connectivity index (χ0n) is 11.0. The van der Waals surface area contributed by atoms with Crippen LogP contribution in [-0.4, -0.2) is 23.5 Å². The molecule has 18 heavy (non-hydrogen) atoms. The summed E-state index contributed by atoms with van der Waals surface area (Å²) in [5.41, 5.74) is 3.71. The number of nitrogens with one attached hydrogen (secondary N) is 1. The SMILES string of the molecule is CC(C)C1C=CCCN1NC(=O)c1ccccc1. The lowest BCUT2D eigenvalue weighted by Crippen LogP contribution is -2.51. The summed E-state index contributed by atoms with van der Waals surface area (Å²) in [5.74, 6) is 0.453. The minimum absolute atomic E-state index is 0.0310. The van der Waals surface area contributed by atoms with Crippen LogP contribution in [0, 0.1) is 5.92 Å². The average molecular weight is 244 g/mol. The highest BCUT2D eigenvalue weighted by molar-refractivity contribution is 5.93. The van der Waals surface area contributed by atoms with Crippen LogP contribution in [0.5, 0.6) is 0 Å². The van der Waals surface area contributed by atoms with Gasteiger partial charge in [0, 0.05) is 18.2 Å². The molecule has 2 rings (SSSR count). The van der Waals surface area contributed by atoms with Gasteiger partial charge in [-0.2, -0.15) is 0 Å². The number of carbonyl (C=O) groups excluding carboxylic acids is 1. The molecule has 0 saturated carbocycles. The molecule has 0 bridgehead atoms. The maximum absolute atomic E-state index is 12.1. The van der Waals surface area contributed by atoms with Gasteiger partial charge >= 0.3 is 0 Å². The summed E-state index contributed by atoms with van der Waals surface area (Å²) in [7, 11) is 0. The standard InChI is InChI=1S/C15H20N2O/c1-12(2)14-10-6-7-11-17(14)16-15(18)13-8-4-3-5-9-13/h3-6,8-10,12,14H,7,11H2,1-2H3,(H,16,18). The second-order valence-corrected chi connectivity index (χ2v) is 4.95. The monoisotopic (exact) mass is 244 g/mol. The Kier molecular flexibility index (Phi) is 4.15. The Labute approximate surface area is 108 Å². The molecule has 1 N–H and O–H groups in total. The van der Waals surface area contributed by atoms with E-state index in [1.54, 1.807) is 0 Å². The Balaban J connectivity index is 2.04. The van der Waals surface area contributed by atoms with Crippen molar-refractivity contribution in [2.45, 2.75) is 26.3 Å². The van der Waals surface area contributed by atoms with Crippen molar-refractivity contribution in [3.63, 3.8) is 0 Å². The fourth-order valence-corrected chi connectivity index (χ4v) is 2.20. The van der Waals surface area contributed by atoms with E-state index in [9.17, 15) is 4.79 Å². The Hall–Kier alpha value is -1.61. The van der Waals surface area contributed by atoms with Crippen molar-refractivity contribution < 1.29 is 4.79 Å². The summed E-state index contributed by atoms with van der Waals surface area (Å²) < 4.78 is 0. The molecule has 0 spiro atoms. The zero-order valence-corrected chi connectivity index (χ0v) is 11.0. The molecule has 0 fully saturated rings. The normalized spacial score (nSPS) is 20.1. The summed E-state index contributed by atoms with van der Waals surface area (Å²) in [4.78, 5) is 12.1. The molecule has 1 aromatic rings. The third-order valence-electron chi connectivity index (χ3n) is 3.19. The molecule has 3 nitrogen and oxygen atoms in total. The maximum Gasteiger partial charge on any atom is 0.265 e. The first-order valence-corrected chi connectivity index (χ1v) is 6.48. The number of amides is 1. The van der Waals surface area contributed by atoms with E-state index in [0.29, 0.717) is 11.5 Å². The van der Waals surface area contributed by atoms with Crippen LogP contribution >= 0.6 is 0 Å². The van der Waals surface area contributed by atoms with Crippen molar-refractivity contribution in [2.75, 3.05) is 6.54 Å². The third kappa shape index (κ3) is 2.99. The zero-order chi connectivity index (χ0) is 13.0. The van der Waals surface area contributed by atoms with Crippen LogP contribution in [0.3, 0.4) is 0 Å². The van der Waals surface area contributed by atoms with Gasteiger partial charge in [-0.15, -0.1) is 0 Å². The molecule has 0 saturated heterocycles. The van der Waals surface area contributed by atoms with Gasteiger partial charge in [-0.25, -0.2) is 5.01 Å². The molecule has 1 atom stereocenters. The first kappa shape index (κ1) is 12.8. The summed E-state index contributed by atoms with van der Waals surface area (Å²) in [5, 5.41) is 2.04. The van der Waals surface area contributed by atoms with Crippen molar-refractivity contribution in [3.8, 4) is 0 Å². The fraction of sp³-hybridized carbons (Fsp3) is 0.400. The number of hydrazine groups is 1. The van der Waals surface area contributed by atoms with Gasteiger partial charge in [0.25, 0.3) is 5.91 Å². The predicted octanol–water partition coefficient (Wildman–Crippen LogP) is 2.62. The van der Waals surface area contributed by atoms with E-state index in [1.165, 1.54) is 0 Å². The number of nitrogens with zero attached hydrogens (tertiary/aromatic N) is 1. The predicted molar refractivity (Wildman–Crippen MR) is 73.0 cm³/mol. The summed E-state index contributed by atoms with van der Waals surface area (Å²) >= 11 is 0.